The van der Waals surface area contributed by atoms with Crippen LogP contribution in [0.4, 0.5) is 0 Å². The van der Waals surface area contributed by atoms with Gasteiger partial charge in [0.15, 0.2) is 0 Å². The molecule has 0 saturated carbocycles. The number of nitrogens with one attached hydrogen (secondary N) is 1. The normalized spacial score (nSPS) is 27.6. The fourth-order valence-electron chi connectivity index (χ4n) is 2.15. The van der Waals surface area contributed by atoms with Crippen molar-refractivity contribution in [3.8, 4) is 0 Å². The number of rotatable bonds is 1. The Labute approximate surface area is 90.5 Å². The van der Waals surface area contributed by atoms with Gasteiger partial charge in [-0.1, -0.05) is 30.7 Å². The van der Waals surface area contributed by atoms with Crippen molar-refractivity contribution in [3.05, 3.63) is 34.9 Å². The fourth-order valence-corrected chi connectivity index (χ4v) is 2.27. The van der Waals surface area contributed by atoms with E-state index in [2.05, 4.69) is 24.4 Å². The lowest BCUT2D eigenvalue weighted by Gasteiger charge is -2.29. The lowest BCUT2D eigenvalue weighted by atomic mass is 9.83. The topological polar surface area (TPSA) is 12.0 Å². The van der Waals surface area contributed by atoms with Crippen LogP contribution in [-0.2, 0) is 0 Å². The first-order valence-corrected chi connectivity index (χ1v) is 5.61. The summed E-state index contributed by atoms with van der Waals surface area (Å²) < 4.78 is 0. The summed E-state index contributed by atoms with van der Waals surface area (Å²) in [5.74, 6) is 1.43. The lowest BCUT2D eigenvalue weighted by molar-refractivity contribution is 0.348. The number of piperidine rings is 1. The van der Waals surface area contributed by atoms with Crippen LogP contribution in [0.1, 0.15) is 24.8 Å². The molecule has 1 fully saturated rings. The number of halogens is 1. The molecule has 1 aromatic rings. The molecule has 76 valence electrons. The van der Waals surface area contributed by atoms with Crippen molar-refractivity contribution in [2.75, 3.05) is 13.1 Å². The van der Waals surface area contributed by atoms with E-state index >= 15 is 0 Å². The van der Waals surface area contributed by atoms with Crippen LogP contribution in [0, 0.1) is 5.92 Å². The molecule has 1 aliphatic heterocycles. The van der Waals surface area contributed by atoms with Gasteiger partial charge >= 0.3 is 0 Å². The minimum atomic E-state index is 0.654. The summed E-state index contributed by atoms with van der Waals surface area (Å²) in [6, 6.07) is 8.27. The molecule has 2 heteroatoms. The Hall–Kier alpha value is -0.530. The van der Waals surface area contributed by atoms with Gasteiger partial charge in [-0.25, -0.2) is 0 Å². The predicted molar refractivity (Wildman–Crippen MR) is 60.8 cm³/mol. The van der Waals surface area contributed by atoms with E-state index in [4.69, 9.17) is 11.6 Å². The maximum Gasteiger partial charge on any atom is 0.0406 e. The summed E-state index contributed by atoms with van der Waals surface area (Å²) in [4.78, 5) is 0. The first-order chi connectivity index (χ1) is 6.77. The third kappa shape index (κ3) is 2.10. The molecule has 2 atom stereocenters. The molecule has 0 bridgehead atoms. The van der Waals surface area contributed by atoms with E-state index in [1.807, 2.05) is 12.1 Å². The first-order valence-electron chi connectivity index (χ1n) is 5.23. The summed E-state index contributed by atoms with van der Waals surface area (Å²) in [7, 11) is 0. The van der Waals surface area contributed by atoms with Gasteiger partial charge in [-0.3, -0.25) is 0 Å². The average molecular weight is 210 g/mol. The molecule has 0 aromatic heterocycles. The zero-order chi connectivity index (χ0) is 9.97. The van der Waals surface area contributed by atoms with Crippen molar-refractivity contribution in [1.82, 2.24) is 5.32 Å². The minimum Gasteiger partial charge on any atom is -0.316 e. The molecule has 2 unspecified atom stereocenters. The van der Waals surface area contributed by atoms with E-state index in [1.54, 1.807) is 0 Å². The first kappa shape index (κ1) is 10.0. The van der Waals surface area contributed by atoms with Crippen LogP contribution in [-0.4, -0.2) is 13.1 Å². The third-order valence-corrected chi connectivity index (χ3v) is 3.38. The van der Waals surface area contributed by atoms with Crippen LogP contribution in [0.2, 0.25) is 5.02 Å². The van der Waals surface area contributed by atoms with E-state index in [9.17, 15) is 0 Å². The molecular weight excluding hydrogens is 194 g/mol. The molecule has 2 rings (SSSR count). The maximum atomic E-state index is 5.87. The van der Waals surface area contributed by atoms with Gasteiger partial charge in [0.25, 0.3) is 0 Å². The van der Waals surface area contributed by atoms with Crippen LogP contribution in [0.25, 0.3) is 0 Å². The second-order valence-corrected chi connectivity index (χ2v) is 4.56. The number of benzene rings is 1. The highest BCUT2D eigenvalue weighted by Crippen LogP contribution is 2.29. The largest absolute Gasteiger partial charge is 0.316 e. The molecule has 1 N–H and O–H groups in total. The molecule has 1 aromatic carbocycles. The van der Waals surface area contributed by atoms with Crippen molar-refractivity contribution >= 4 is 11.6 Å². The highest BCUT2D eigenvalue weighted by atomic mass is 35.5. The van der Waals surface area contributed by atoms with E-state index in [1.165, 1.54) is 12.0 Å². The minimum absolute atomic E-state index is 0.654. The van der Waals surface area contributed by atoms with Crippen molar-refractivity contribution in [2.24, 2.45) is 5.92 Å². The Morgan fingerprint density at radius 3 is 2.64 bits per heavy atom. The van der Waals surface area contributed by atoms with E-state index in [-0.39, 0.29) is 0 Å². The Kier molecular flexibility index (Phi) is 3.09. The van der Waals surface area contributed by atoms with Gasteiger partial charge in [-0.05, 0) is 42.5 Å². The quantitative estimate of drug-likeness (QED) is 0.750. The summed E-state index contributed by atoms with van der Waals surface area (Å²) in [5.41, 5.74) is 1.41. The van der Waals surface area contributed by atoms with E-state index in [0.717, 1.165) is 24.0 Å². The van der Waals surface area contributed by atoms with Crippen LogP contribution in [0.15, 0.2) is 24.3 Å². The van der Waals surface area contributed by atoms with Gasteiger partial charge in [0.05, 0.1) is 0 Å². The average Bonchev–Trinajstić information content (AvgIpc) is 2.20. The maximum absolute atomic E-state index is 5.87. The molecule has 0 radical (unpaired) electrons. The van der Waals surface area contributed by atoms with Crippen molar-refractivity contribution in [1.29, 1.82) is 0 Å². The molecule has 1 nitrogen and oxygen atoms in total. The molecule has 0 aliphatic carbocycles. The monoisotopic (exact) mass is 209 g/mol. The van der Waals surface area contributed by atoms with Gasteiger partial charge in [-0.2, -0.15) is 0 Å². The Bertz CT molecular complexity index is 294. The van der Waals surface area contributed by atoms with Crippen LogP contribution in [0.3, 0.4) is 0 Å². The molecule has 14 heavy (non-hydrogen) atoms. The van der Waals surface area contributed by atoms with Gasteiger partial charge in [0, 0.05) is 11.6 Å². The van der Waals surface area contributed by atoms with Crippen molar-refractivity contribution < 1.29 is 0 Å². The Morgan fingerprint density at radius 1 is 1.29 bits per heavy atom. The van der Waals surface area contributed by atoms with E-state index < -0.39 is 0 Å². The standard InChI is InChI=1S/C12H16ClN/c1-9-6-7-14-8-12(9)10-2-4-11(13)5-3-10/h2-5,9,12,14H,6-8H2,1H3. The van der Waals surface area contributed by atoms with Gasteiger partial charge in [0.2, 0.25) is 0 Å². The van der Waals surface area contributed by atoms with Crippen molar-refractivity contribution in [2.45, 2.75) is 19.3 Å². The van der Waals surface area contributed by atoms with E-state index in [0.29, 0.717) is 5.92 Å². The molecule has 1 heterocycles. The number of hydrogen-bond acceptors (Lipinski definition) is 1. The van der Waals surface area contributed by atoms with Crippen LogP contribution < -0.4 is 5.32 Å². The van der Waals surface area contributed by atoms with Gasteiger partial charge in [-0.15, -0.1) is 0 Å². The van der Waals surface area contributed by atoms with Gasteiger partial charge in [0.1, 0.15) is 0 Å². The van der Waals surface area contributed by atoms with Crippen molar-refractivity contribution in [3.63, 3.8) is 0 Å². The molecule has 0 amide bonds. The summed E-state index contributed by atoms with van der Waals surface area (Å²) in [6.07, 6.45) is 1.27. The molecule has 1 aliphatic rings. The Morgan fingerprint density at radius 2 is 2.00 bits per heavy atom. The summed E-state index contributed by atoms with van der Waals surface area (Å²) in [6.45, 7) is 4.59. The molecule has 1 saturated heterocycles. The van der Waals surface area contributed by atoms with Gasteiger partial charge < -0.3 is 5.32 Å². The zero-order valence-electron chi connectivity index (χ0n) is 8.46. The zero-order valence-corrected chi connectivity index (χ0v) is 9.22. The van der Waals surface area contributed by atoms with Crippen LogP contribution in [0.5, 0.6) is 0 Å². The number of hydrogen-bond donors (Lipinski definition) is 1. The summed E-state index contributed by atoms with van der Waals surface area (Å²) in [5, 5.41) is 4.27. The highest BCUT2D eigenvalue weighted by molar-refractivity contribution is 6.30. The SMILES string of the molecule is CC1CCNCC1c1ccc(Cl)cc1. The summed E-state index contributed by atoms with van der Waals surface area (Å²) >= 11 is 5.87. The second-order valence-electron chi connectivity index (χ2n) is 4.13. The highest BCUT2D eigenvalue weighted by Gasteiger charge is 2.22. The smallest absolute Gasteiger partial charge is 0.0406 e. The van der Waals surface area contributed by atoms with Crippen LogP contribution >= 0.6 is 11.6 Å². The fraction of sp³-hybridized carbons (Fsp3) is 0.500. The molecular formula is C12H16ClN. The second kappa shape index (κ2) is 4.33. The lowest BCUT2D eigenvalue weighted by Crippen LogP contribution is -2.33. The predicted octanol–water partition coefficient (Wildman–Crippen LogP) is 3.05. The molecule has 0 spiro atoms. The third-order valence-electron chi connectivity index (χ3n) is 3.13. The Balaban J connectivity index is 2.16.